The van der Waals surface area contributed by atoms with Crippen molar-refractivity contribution in [1.29, 1.82) is 0 Å². The van der Waals surface area contributed by atoms with Crippen molar-refractivity contribution in [3.05, 3.63) is 25.7 Å². The lowest BCUT2D eigenvalue weighted by atomic mass is 10.2. The molecule has 0 aliphatic heterocycles. The first-order chi connectivity index (χ1) is 6.06. The predicted molar refractivity (Wildman–Crippen MR) is 49.5 cm³/mol. The summed E-state index contributed by atoms with van der Waals surface area (Å²) in [6, 6.07) is 0. The van der Waals surface area contributed by atoms with Gasteiger partial charge < -0.3 is 0 Å². The molecule has 4 nitrogen and oxygen atoms in total. The molecule has 70 valence electrons. The van der Waals surface area contributed by atoms with Crippen LogP contribution >= 0.6 is 11.3 Å². The average Bonchev–Trinajstić information content (AvgIpc) is 2.75. The van der Waals surface area contributed by atoms with Crippen molar-refractivity contribution in [2.75, 3.05) is 0 Å². The molecule has 1 aromatic heterocycles. The van der Waals surface area contributed by atoms with Crippen LogP contribution in [0.2, 0.25) is 0 Å². The molecule has 1 aliphatic carbocycles. The summed E-state index contributed by atoms with van der Waals surface area (Å²) >= 11 is 1.54. The van der Waals surface area contributed by atoms with Crippen molar-refractivity contribution in [3.8, 4) is 0 Å². The highest BCUT2D eigenvalue weighted by molar-refractivity contribution is 7.11. The van der Waals surface area contributed by atoms with Crippen LogP contribution in [0.3, 0.4) is 0 Å². The summed E-state index contributed by atoms with van der Waals surface area (Å²) in [6.45, 7) is 3.79. The van der Waals surface area contributed by atoms with E-state index in [0.717, 1.165) is 9.88 Å². The molecule has 13 heavy (non-hydrogen) atoms. The molecular formula is C8H10N2O2S. The van der Waals surface area contributed by atoms with E-state index < -0.39 is 5.54 Å². The Labute approximate surface area is 79.8 Å². The zero-order valence-corrected chi connectivity index (χ0v) is 8.35. The van der Waals surface area contributed by atoms with Crippen molar-refractivity contribution in [2.45, 2.75) is 32.2 Å². The molecular weight excluding hydrogens is 188 g/mol. The second kappa shape index (κ2) is 2.51. The van der Waals surface area contributed by atoms with Gasteiger partial charge in [0.2, 0.25) is 0 Å². The van der Waals surface area contributed by atoms with Gasteiger partial charge in [-0.2, -0.15) is 0 Å². The fourth-order valence-corrected chi connectivity index (χ4v) is 2.50. The fraction of sp³-hybridized carbons (Fsp3) is 0.625. The summed E-state index contributed by atoms with van der Waals surface area (Å²) in [5.74, 6) is 0. The van der Waals surface area contributed by atoms with Crippen LogP contribution < -0.4 is 0 Å². The van der Waals surface area contributed by atoms with Crippen LogP contribution in [0.1, 0.15) is 28.4 Å². The predicted octanol–water partition coefficient (Wildman–Crippen LogP) is 2.03. The van der Waals surface area contributed by atoms with Crippen LogP contribution in [-0.2, 0) is 5.54 Å². The van der Waals surface area contributed by atoms with Crippen molar-refractivity contribution in [2.24, 2.45) is 0 Å². The van der Waals surface area contributed by atoms with Gasteiger partial charge in [0.05, 0.1) is 5.01 Å². The van der Waals surface area contributed by atoms with E-state index in [1.54, 1.807) is 0 Å². The van der Waals surface area contributed by atoms with E-state index in [-0.39, 0.29) is 4.92 Å². The second-order valence-corrected chi connectivity index (χ2v) is 4.83. The Kier molecular flexibility index (Phi) is 1.66. The third-order valence-corrected chi connectivity index (χ3v) is 3.30. The first-order valence-electron chi connectivity index (χ1n) is 4.15. The van der Waals surface area contributed by atoms with Crippen molar-refractivity contribution < 1.29 is 4.92 Å². The molecule has 2 rings (SSSR count). The van der Waals surface area contributed by atoms with E-state index in [0.29, 0.717) is 18.5 Å². The van der Waals surface area contributed by atoms with Crippen LogP contribution in [0.5, 0.6) is 0 Å². The molecule has 0 radical (unpaired) electrons. The number of thiazole rings is 1. The summed E-state index contributed by atoms with van der Waals surface area (Å²) in [4.78, 5) is 15.9. The zero-order chi connectivity index (χ0) is 9.64. The molecule has 1 saturated carbocycles. The minimum absolute atomic E-state index is 0.186. The normalized spacial score (nSPS) is 18.6. The highest BCUT2D eigenvalue weighted by Crippen LogP contribution is 2.49. The number of aryl methyl sites for hydroxylation is 2. The summed E-state index contributed by atoms with van der Waals surface area (Å²) < 4.78 is 0. The smallest absolute Gasteiger partial charge is 0.264 e. The summed E-state index contributed by atoms with van der Waals surface area (Å²) in [6.07, 6.45) is 1.29. The number of nitrogens with zero attached hydrogens (tertiary/aromatic N) is 2. The monoisotopic (exact) mass is 198 g/mol. The topological polar surface area (TPSA) is 56.0 Å². The van der Waals surface area contributed by atoms with Gasteiger partial charge in [-0.3, -0.25) is 10.1 Å². The van der Waals surface area contributed by atoms with Gasteiger partial charge in [-0.1, -0.05) is 0 Å². The first-order valence-corrected chi connectivity index (χ1v) is 4.97. The summed E-state index contributed by atoms with van der Waals surface area (Å²) in [5.41, 5.74) is -0.130. The van der Waals surface area contributed by atoms with Crippen LogP contribution in [0.15, 0.2) is 0 Å². The SMILES string of the molecule is Cc1nc(C2([N+](=O)[O-])CC2)c(C)s1. The Hall–Kier alpha value is -0.970. The van der Waals surface area contributed by atoms with E-state index in [1.807, 2.05) is 13.8 Å². The molecule has 0 spiro atoms. The van der Waals surface area contributed by atoms with E-state index in [4.69, 9.17) is 0 Å². The van der Waals surface area contributed by atoms with E-state index >= 15 is 0 Å². The Morgan fingerprint density at radius 2 is 2.15 bits per heavy atom. The average molecular weight is 198 g/mol. The summed E-state index contributed by atoms with van der Waals surface area (Å²) in [7, 11) is 0. The molecule has 0 bridgehead atoms. The maximum atomic E-state index is 10.8. The summed E-state index contributed by atoms with van der Waals surface area (Å²) in [5, 5.41) is 11.7. The lowest BCUT2D eigenvalue weighted by Gasteiger charge is -2.03. The third kappa shape index (κ3) is 1.14. The van der Waals surface area contributed by atoms with Crippen LogP contribution in [0.4, 0.5) is 0 Å². The maximum Gasteiger partial charge on any atom is 0.265 e. The molecule has 0 saturated heterocycles. The molecule has 1 aromatic rings. The maximum absolute atomic E-state index is 10.8. The quantitative estimate of drug-likeness (QED) is 0.539. The van der Waals surface area contributed by atoms with Gasteiger partial charge in [0, 0.05) is 22.6 Å². The Morgan fingerprint density at radius 1 is 1.54 bits per heavy atom. The minimum atomic E-state index is -0.825. The van der Waals surface area contributed by atoms with Crippen molar-refractivity contribution in [3.63, 3.8) is 0 Å². The fourth-order valence-electron chi connectivity index (χ4n) is 1.58. The Balaban J connectivity index is 2.46. The number of rotatable bonds is 2. The first kappa shape index (κ1) is 8.62. The lowest BCUT2D eigenvalue weighted by Crippen LogP contribution is -2.19. The Bertz CT molecular complexity index is 368. The molecule has 1 fully saturated rings. The third-order valence-electron chi connectivity index (χ3n) is 2.42. The molecule has 0 aromatic carbocycles. The number of hydrogen-bond donors (Lipinski definition) is 0. The van der Waals surface area contributed by atoms with Gasteiger partial charge in [-0.25, -0.2) is 4.98 Å². The highest BCUT2D eigenvalue weighted by Gasteiger charge is 2.60. The van der Waals surface area contributed by atoms with Gasteiger partial charge in [0.25, 0.3) is 5.54 Å². The van der Waals surface area contributed by atoms with Gasteiger partial charge in [0.1, 0.15) is 5.69 Å². The van der Waals surface area contributed by atoms with Crippen LogP contribution in [0, 0.1) is 24.0 Å². The lowest BCUT2D eigenvalue weighted by molar-refractivity contribution is -0.547. The van der Waals surface area contributed by atoms with E-state index in [1.165, 1.54) is 11.3 Å². The number of nitro groups is 1. The number of aromatic nitrogens is 1. The molecule has 1 heterocycles. The molecule has 5 heteroatoms. The van der Waals surface area contributed by atoms with Crippen LogP contribution in [-0.4, -0.2) is 9.91 Å². The van der Waals surface area contributed by atoms with E-state index in [9.17, 15) is 10.1 Å². The minimum Gasteiger partial charge on any atom is -0.264 e. The molecule has 1 aliphatic rings. The van der Waals surface area contributed by atoms with Crippen LogP contribution in [0.25, 0.3) is 0 Å². The largest absolute Gasteiger partial charge is 0.265 e. The van der Waals surface area contributed by atoms with Gasteiger partial charge >= 0.3 is 0 Å². The molecule has 0 amide bonds. The van der Waals surface area contributed by atoms with Crippen molar-refractivity contribution >= 4 is 11.3 Å². The number of hydrogen-bond acceptors (Lipinski definition) is 4. The molecule has 0 atom stereocenters. The second-order valence-electron chi connectivity index (χ2n) is 3.43. The molecule has 0 N–H and O–H groups in total. The van der Waals surface area contributed by atoms with Gasteiger partial charge in [0.15, 0.2) is 0 Å². The van der Waals surface area contributed by atoms with E-state index in [2.05, 4.69) is 4.98 Å². The molecule has 0 unspecified atom stereocenters. The van der Waals surface area contributed by atoms with Gasteiger partial charge in [-0.15, -0.1) is 11.3 Å². The Morgan fingerprint density at radius 3 is 2.46 bits per heavy atom. The van der Waals surface area contributed by atoms with Crippen molar-refractivity contribution in [1.82, 2.24) is 4.98 Å². The highest BCUT2D eigenvalue weighted by atomic mass is 32.1. The zero-order valence-electron chi connectivity index (χ0n) is 7.53. The van der Waals surface area contributed by atoms with Gasteiger partial charge in [-0.05, 0) is 13.8 Å². The standard InChI is InChI=1S/C8H10N2O2S/c1-5-7(9-6(2)13-5)8(3-4-8)10(11)12/h3-4H2,1-2H3.